The number of amides is 1. The van der Waals surface area contributed by atoms with Crippen molar-refractivity contribution in [1.29, 1.82) is 0 Å². The van der Waals surface area contributed by atoms with E-state index in [-0.39, 0.29) is 5.91 Å². The first kappa shape index (κ1) is 20.0. The summed E-state index contributed by atoms with van der Waals surface area (Å²) in [5.74, 6) is 0.220. The van der Waals surface area contributed by atoms with Gasteiger partial charge in [0.25, 0.3) is 0 Å². The van der Waals surface area contributed by atoms with Crippen LogP contribution in [-0.4, -0.2) is 11.9 Å². The fourth-order valence-electron chi connectivity index (χ4n) is 4.21. The topological polar surface area (TPSA) is 29.1 Å². The van der Waals surface area contributed by atoms with Gasteiger partial charge >= 0.3 is 0 Å². The van der Waals surface area contributed by atoms with Crippen LogP contribution in [0.5, 0.6) is 0 Å². The Morgan fingerprint density at radius 1 is 0.897 bits per heavy atom. The van der Waals surface area contributed by atoms with Crippen molar-refractivity contribution in [2.75, 3.05) is 0 Å². The number of nitrogens with one attached hydrogen (secondary N) is 1. The molecule has 0 unspecified atom stereocenters. The van der Waals surface area contributed by atoms with Gasteiger partial charge in [-0.2, -0.15) is 0 Å². The summed E-state index contributed by atoms with van der Waals surface area (Å²) in [5, 5.41) is 5.81. The summed E-state index contributed by atoms with van der Waals surface area (Å²) in [6.45, 7) is 0. The van der Waals surface area contributed by atoms with Crippen molar-refractivity contribution < 1.29 is 4.79 Å². The number of benzene rings is 3. The standard InChI is InChI=1S/C26H29NOS/c28-26(27-22-12-3-1-4-13-22)16-8-11-20-9-7-10-21-17-18-24(19-25(20)21)29-23-14-5-2-6-15-23/h2,5-7,9-10,14-15,17-19,22H,1,3-4,8,11-13,16H2,(H,27,28). The highest BCUT2D eigenvalue weighted by molar-refractivity contribution is 7.99. The summed E-state index contributed by atoms with van der Waals surface area (Å²) in [5.41, 5.74) is 1.34. The van der Waals surface area contributed by atoms with Crippen molar-refractivity contribution in [1.82, 2.24) is 5.32 Å². The Bertz CT molecular complexity index is 947. The van der Waals surface area contributed by atoms with Gasteiger partial charge in [0.1, 0.15) is 0 Å². The maximum Gasteiger partial charge on any atom is 0.220 e. The van der Waals surface area contributed by atoms with Gasteiger partial charge in [-0.05, 0) is 66.3 Å². The molecule has 3 aromatic carbocycles. The van der Waals surface area contributed by atoms with Gasteiger partial charge < -0.3 is 5.32 Å². The summed E-state index contributed by atoms with van der Waals surface area (Å²) in [7, 11) is 0. The zero-order valence-corrected chi connectivity index (χ0v) is 17.7. The lowest BCUT2D eigenvalue weighted by Gasteiger charge is -2.22. The van der Waals surface area contributed by atoms with Crippen LogP contribution >= 0.6 is 11.8 Å². The van der Waals surface area contributed by atoms with Crippen LogP contribution in [0, 0.1) is 0 Å². The van der Waals surface area contributed by atoms with E-state index < -0.39 is 0 Å². The molecule has 0 aliphatic heterocycles. The number of rotatable bonds is 7. The Balaban J connectivity index is 1.38. The van der Waals surface area contributed by atoms with Crippen LogP contribution in [0.2, 0.25) is 0 Å². The molecule has 3 heteroatoms. The molecule has 1 fully saturated rings. The van der Waals surface area contributed by atoms with Crippen LogP contribution in [0.1, 0.15) is 50.5 Å². The quantitative estimate of drug-likeness (QED) is 0.472. The van der Waals surface area contributed by atoms with E-state index in [1.807, 2.05) is 6.07 Å². The van der Waals surface area contributed by atoms with Gasteiger partial charge in [0.05, 0.1) is 0 Å². The lowest BCUT2D eigenvalue weighted by molar-refractivity contribution is -0.122. The molecule has 0 atom stereocenters. The molecule has 1 amide bonds. The van der Waals surface area contributed by atoms with E-state index in [1.54, 1.807) is 11.8 Å². The first-order valence-electron chi connectivity index (χ1n) is 10.8. The van der Waals surface area contributed by atoms with E-state index in [4.69, 9.17) is 0 Å². The first-order chi connectivity index (χ1) is 14.3. The Kier molecular flexibility index (Phi) is 6.89. The molecule has 4 rings (SSSR count). The second-order valence-electron chi connectivity index (χ2n) is 7.97. The van der Waals surface area contributed by atoms with Gasteiger partial charge in [-0.25, -0.2) is 0 Å². The van der Waals surface area contributed by atoms with E-state index >= 15 is 0 Å². The molecule has 0 radical (unpaired) electrons. The number of hydrogen-bond acceptors (Lipinski definition) is 2. The van der Waals surface area contributed by atoms with E-state index in [0.29, 0.717) is 12.5 Å². The second kappa shape index (κ2) is 9.98. The fraction of sp³-hybridized carbons (Fsp3) is 0.346. The summed E-state index contributed by atoms with van der Waals surface area (Å²) in [6, 6.07) is 24.1. The molecule has 0 bridgehead atoms. The number of aryl methyl sites for hydroxylation is 1. The Morgan fingerprint density at radius 2 is 1.72 bits per heavy atom. The number of hydrogen-bond donors (Lipinski definition) is 1. The Labute approximate surface area is 178 Å². The maximum absolute atomic E-state index is 12.3. The van der Waals surface area contributed by atoms with Crippen molar-refractivity contribution in [3.8, 4) is 0 Å². The van der Waals surface area contributed by atoms with E-state index in [0.717, 1.165) is 25.7 Å². The fourth-order valence-corrected chi connectivity index (χ4v) is 5.09. The number of fused-ring (bicyclic) bond motifs is 1. The molecule has 0 heterocycles. The Morgan fingerprint density at radius 3 is 2.55 bits per heavy atom. The van der Waals surface area contributed by atoms with Crippen LogP contribution in [0.25, 0.3) is 10.8 Å². The van der Waals surface area contributed by atoms with E-state index in [2.05, 4.69) is 66.0 Å². The largest absolute Gasteiger partial charge is 0.353 e. The predicted molar refractivity (Wildman–Crippen MR) is 122 cm³/mol. The minimum absolute atomic E-state index is 0.220. The summed E-state index contributed by atoms with van der Waals surface area (Å²) >= 11 is 1.80. The highest BCUT2D eigenvalue weighted by Gasteiger charge is 2.15. The third kappa shape index (κ3) is 5.63. The monoisotopic (exact) mass is 403 g/mol. The SMILES string of the molecule is O=C(CCCc1cccc2ccc(Sc3ccccc3)cc12)NC1CCCCC1. The van der Waals surface area contributed by atoms with Crippen molar-refractivity contribution in [3.63, 3.8) is 0 Å². The lowest BCUT2D eigenvalue weighted by atomic mass is 9.95. The minimum atomic E-state index is 0.220. The molecule has 0 spiro atoms. The van der Waals surface area contributed by atoms with Crippen LogP contribution in [0.3, 0.4) is 0 Å². The third-order valence-electron chi connectivity index (χ3n) is 5.74. The molecule has 1 saturated carbocycles. The summed E-state index contributed by atoms with van der Waals surface area (Å²) in [4.78, 5) is 14.8. The average molecular weight is 404 g/mol. The van der Waals surface area contributed by atoms with Crippen molar-refractivity contribution in [2.45, 2.75) is 67.2 Å². The minimum Gasteiger partial charge on any atom is -0.353 e. The van der Waals surface area contributed by atoms with Crippen LogP contribution in [-0.2, 0) is 11.2 Å². The molecule has 0 aromatic heterocycles. The highest BCUT2D eigenvalue weighted by Crippen LogP contribution is 2.31. The van der Waals surface area contributed by atoms with Crippen molar-refractivity contribution in [2.24, 2.45) is 0 Å². The van der Waals surface area contributed by atoms with Crippen LogP contribution in [0.4, 0.5) is 0 Å². The van der Waals surface area contributed by atoms with Gasteiger partial charge in [-0.1, -0.05) is 73.5 Å². The molecular formula is C26H29NOS. The van der Waals surface area contributed by atoms with Gasteiger partial charge in [0.15, 0.2) is 0 Å². The molecule has 29 heavy (non-hydrogen) atoms. The molecule has 0 saturated heterocycles. The highest BCUT2D eigenvalue weighted by atomic mass is 32.2. The second-order valence-corrected chi connectivity index (χ2v) is 9.12. The molecule has 150 valence electrons. The normalized spacial score (nSPS) is 14.8. The maximum atomic E-state index is 12.3. The molecule has 2 nitrogen and oxygen atoms in total. The molecule has 3 aromatic rings. The van der Waals surface area contributed by atoms with E-state index in [9.17, 15) is 4.79 Å². The molecule has 1 N–H and O–H groups in total. The third-order valence-corrected chi connectivity index (χ3v) is 6.74. The zero-order chi connectivity index (χ0) is 19.9. The van der Waals surface area contributed by atoms with Gasteiger partial charge in [-0.3, -0.25) is 4.79 Å². The number of carbonyl (C=O) groups excluding carboxylic acids is 1. The predicted octanol–water partition coefficient (Wildman–Crippen LogP) is 6.76. The lowest BCUT2D eigenvalue weighted by Crippen LogP contribution is -2.36. The van der Waals surface area contributed by atoms with Gasteiger partial charge in [0, 0.05) is 22.3 Å². The smallest absolute Gasteiger partial charge is 0.220 e. The van der Waals surface area contributed by atoms with Crippen LogP contribution < -0.4 is 5.32 Å². The average Bonchev–Trinajstić information content (AvgIpc) is 2.75. The molecular weight excluding hydrogens is 374 g/mol. The van der Waals surface area contributed by atoms with Crippen molar-refractivity contribution in [3.05, 3.63) is 72.3 Å². The van der Waals surface area contributed by atoms with Crippen molar-refractivity contribution >= 4 is 28.4 Å². The van der Waals surface area contributed by atoms with Crippen LogP contribution in [0.15, 0.2) is 76.5 Å². The van der Waals surface area contributed by atoms with E-state index in [1.165, 1.54) is 45.4 Å². The molecule has 1 aliphatic carbocycles. The first-order valence-corrected chi connectivity index (χ1v) is 11.6. The summed E-state index contributed by atoms with van der Waals surface area (Å²) in [6.07, 6.45) is 8.58. The number of carbonyl (C=O) groups is 1. The Hall–Kier alpha value is -2.26. The van der Waals surface area contributed by atoms with Gasteiger partial charge in [-0.15, -0.1) is 0 Å². The molecule has 1 aliphatic rings. The van der Waals surface area contributed by atoms with Gasteiger partial charge in [0.2, 0.25) is 5.91 Å². The zero-order valence-electron chi connectivity index (χ0n) is 16.9. The summed E-state index contributed by atoms with van der Waals surface area (Å²) < 4.78 is 0.